The van der Waals surface area contributed by atoms with Gasteiger partial charge in [-0.1, -0.05) is 61.9 Å². The van der Waals surface area contributed by atoms with Crippen molar-refractivity contribution >= 4 is 18.0 Å². The third-order valence-electron chi connectivity index (χ3n) is 6.11. The Morgan fingerprint density at radius 1 is 1.03 bits per heavy atom. The molecule has 0 radical (unpaired) electrons. The summed E-state index contributed by atoms with van der Waals surface area (Å²) in [6.07, 6.45) is -6.51. The number of hydrogen-bond acceptors (Lipinski definition) is 4. The van der Waals surface area contributed by atoms with Crippen LogP contribution in [-0.2, 0) is 14.3 Å². The van der Waals surface area contributed by atoms with E-state index in [1.54, 1.807) is 12.2 Å². The first kappa shape index (κ1) is 26.1. The number of ether oxygens (including phenoxy) is 1. The summed E-state index contributed by atoms with van der Waals surface area (Å²) in [5.41, 5.74) is 0.358. The van der Waals surface area contributed by atoms with Gasteiger partial charge in [-0.05, 0) is 35.6 Å². The van der Waals surface area contributed by atoms with Gasteiger partial charge in [0.25, 0.3) is 5.91 Å². The van der Waals surface area contributed by atoms with Crippen molar-refractivity contribution in [3.63, 3.8) is 0 Å². The molecule has 0 spiro atoms. The number of hydrogen-bond donors (Lipinski definition) is 3. The lowest BCUT2D eigenvalue weighted by Gasteiger charge is -2.32. The molecule has 1 aliphatic rings. The molecule has 3 rings (SSSR count). The number of carboxylic acids is 1. The quantitative estimate of drug-likeness (QED) is 0.474. The number of carbonyl (C=O) groups excluding carboxylic acids is 2. The number of alkyl carbamates (subject to hydrolysis) is 1. The second-order valence-corrected chi connectivity index (χ2v) is 8.63. The number of benzene rings is 2. The minimum atomic E-state index is -5.16. The molecule has 0 fully saturated rings. The predicted octanol–water partition coefficient (Wildman–Crippen LogP) is 4.61. The average Bonchev–Trinajstić information content (AvgIpc) is 3.10. The lowest BCUT2D eigenvalue weighted by molar-refractivity contribution is -0.194. The molecule has 2 aromatic rings. The molecule has 3 N–H and O–H groups in total. The Balaban J connectivity index is 1.74. The molecule has 35 heavy (non-hydrogen) atoms. The largest absolute Gasteiger partial charge is 0.481 e. The molecule has 2 aromatic carbocycles. The topological polar surface area (TPSA) is 105 Å². The molecule has 10 heteroatoms. The van der Waals surface area contributed by atoms with Crippen molar-refractivity contribution in [2.24, 2.45) is 0 Å². The Labute approximate surface area is 200 Å². The summed E-state index contributed by atoms with van der Waals surface area (Å²) in [5, 5.41) is 12.8. The molecule has 188 valence electrons. The average molecular weight is 492 g/mol. The number of alkyl halides is 3. The first-order chi connectivity index (χ1) is 16.5. The molecule has 2 amide bonds. The van der Waals surface area contributed by atoms with E-state index in [1.807, 2.05) is 48.5 Å². The fourth-order valence-electron chi connectivity index (χ4n) is 4.21. The van der Waals surface area contributed by atoms with Crippen LogP contribution >= 0.6 is 0 Å². The van der Waals surface area contributed by atoms with Gasteiger partial charge in [-0.2, -0.15) is 13.2 Å². The SMILES string of the molecule is CCC[C@@H](CC(=O)O)NC(=O)C(C)(NC(=O)OCC1c2ccccc2-c2ccccc21)C(F)(F)F. The molecule has 0 aromatic heterocycles. The molecule has 1 unspecified atom stereocenters. The van der Waals surface area contributed by atoms with Crippen molar-refractivity contribution in [3.05, 3.63) is 59.7 Å². The smallest absolute Gasteiger partial charge is 0.420 e. The highest BCUT2D eigenvalue weighted by Crippen LogP contribution is 2.44. The van der Waals surface area contributed by atoms with E-state index in [2.05, 4.69) is 5.32 Å². The van der Waals surface area contributed by atoms with Gasteiger partial charge in [-0.3, -0.25) is 14.9 Å². The highest BCUT2D eigenvalue weighted by atomic mass is 19.4. The Bertz CT molecular complexity index is 1060. The van der Waals surface area contributed by atoms with Crippen LogP contribution in [0.3, 0.4) is 0 Å². The van der Waals surface area contributed by atoms with Gasteiger partial charge in [-0.15, -0.1) is 0 Å². The minimum absolute atomic E-state index is 0.164. The maximum atomic E-state index is 13.9. The van der Waals surface area contributed by atoms with E-state index in [-0.39, 0.29) is 18.9 Å². The summed E-state index contributed by atoms with van der Waals surface area (Å²) in [5.74, 6) is -3.19. The summed E-state index contributed by atoms with van der Waals surface area (Å²) in [6, 6.07) is 13.9. The summed E-state index contributed by atoms with van der Waals surface area (Å²) in [6.45, 7) is 2.00. The summed E-state index contributed by atoms with van der Waals surface area (Å²) in [7, 11) is 0. The third-order valence-corrected chi connectivity index (χ3v) is 6.11. The highest BCUT2D eigenvalue weighted by molar-refractivity contribution is 5.91. The molecule has 2 atom stereocenters. The molecule has 0 saturated carbocycles. The van der Waals surface area contributed by atoms with Crippen molar-refractivity contribution in [2.45, 2.75) is 56.8 Å². The number of rotatable bonds is 9. The Kier molecular flexibility index (Phi) is 7.72. The van der Waals surface area contributed by atoms with E-state index >= 15 is 0 Å². The Hall–Kier alpha value is -3.56. The molecule has 0 bridgehead atoms. The van der Waals surface area contributed by atoms with Gasteiger partial charge in [0, 0.05) is 12.0 Å². The van der Waals surface area contributed by atoms with Crippen LogP contribution in [-0.4, -0.2) is 47.4 Å². The molecule has 0 heterocycles. The number of fused-ring (bicyclic) bond motifs is 3. The highest BCUT2D eigenvalue weighted by Gasteiger charge is 2.58. The van der Waals surface area contributed by atoms with Crippen molar-refractivity contribution in [1.82, 2.24) is 10.6 Å². The lowest BCUT2D eigenvalue weighted by atomic mass is 9.98. The van der Waals surface area contributed by atoms with E-state index in [9.17, 15) is 27.6 Å². The Morgan fingerprint density at radius 2 is 1.57 bits per heavy atom. The van der Waals surface area contributed by atoms with Crippen molar-refractivity contribution in [1.29, 1.82) is 0 Å². The second-order valence-electron chi connectivity index (χ2n) is 8.63. The number of carbonyl (C=O) groups is 3. The first-order valence-electron chi connectivity index (χ1n) is 11.2. The zero-order chi connectivity index (χ0) is 25.8. The van der Waals surface area contributed by atoms with E-state index in [0.29, 0.717) is 13.3 Å². The van der Waals surface area contributed by atoms with Gasteiger partial charge >= 0.3 is 18.2 Å². The van der Waals surface area contributed by atoms with E-state index in [4.69, 9.17) is 9.84 Å². The van der Waals surface area contributed by atoms with Crippen molar-refractivity contribution in [3.8, 4) is 11.1 Å². The van der Waals surface area contributed by atoms with Crippen molar-refractivity contribution in [2.75, 3.05) is 6.61 Å². The molecule has 1 aliphatic carbocycles. The van der Waals surface area contributed by atoms with Gasteiger partial charge in [0.2, 0.25) is 5.54 Å². The number of halogens is 3. The normalized spacial score (nSPS) is 15.3. The van der Waals surface area contributed by atoms with Crippen LogP contribution in [0, 0.1) is 0 Å². The summed E-state index contributed by atoms with van der Waals surface area (Å²) in [4.78, 5) is 36.1. The second kappa shape index (κ2) is 10.4. The van der Waals surface area contributed by atoms with Crippen LogP contribution in [0.1, 0.15) is 50.2 Å². The van der Waals surface area contributed by atoms with Crippen LogP contribution in [0.5, 0.6) is 0 Å². The first-order valence-corrected chi connectivity index (χ1v) is 11.2. The molecule has 0 saturated heterocycles. The standard InChI is InChI=1S/C25H27F3N2O5/c1-3-8-15(13-21(31)32)29-22(33)24(2,25(26,27)28)30-23(34)35-14-20-18-11-6-4-9-16(18)17-10-5-7-12-19(17)20/h4-7,9-12,15,20H,3,8,13-14H2,1-2H3,(H,29,33)(H,30,34)(H,31,32)/t15-,24?/m0/s1. The third kappa shape index (κ3) is 5.58. The summed E-state index contributed by atoms with van der Waals surface area (Å²) < 4.78 is 46.9. The summed E-state index contributed by atoms with van der Waals surface area (Å²) >= 11 is 0. The van der Waals surface area contributed by atoms with Gasteiger partial charge in [0.1, 0.15) is 6.61 Å². The zero-order valence-electron chi connectivity index (χ0n) is 19.3. The van der Waals surface area contributed by atoms with Crippen LogP contribution in [0.2, 0.25) is 0 Å². The molecule has 7 nitrogen and oxygen atoms in total. The molecular formula is C25H27F3N2O5. The number of aliphatic carboxylic acids is 1. The van der Waals surface area contributed by atoms with E-state index < -0.39 is 42.1 Å². The molecular weight excluding hydrogens is 465 g/mol. The van der Waals surface area contributed by atoms with Gasteiger partial charge < -0.3 is 15.2 Å². The van der Waals surface area contributed by atoms with Gasteiger partial charge in [0.05, 0.1) is 6.42 Å². The predicted molar refractivity (Wildman–Crippen MR) is 122 cm³/mol. The zero-order valence-corrected chi connectivity index (χ0v) is 19.3. The van der Waals surface area contributed by atoms with E-state index in [0.717, 1.165) is 22.3 Å². The van der Waals surface area contributed by atoms with Crippen LogP contribution in [0.15, 0.2) is 48.5 Å². The maximum Gasteiger partial charge on any atom is 0.420 e. The van der Waals surface area contributed by atoms with Crippen LogP contribution in [0.4, 0.5) is 18.0 Å². The minimum Gasteiger partial charge on any atom is -0.481 e. The Morgan fingerprint density at radius 3 is 2.06 bits per heavy atom. The lowest BCUT2D eigenvalue weighted by Crippen LogP contribution is -2.66. The van der Waals surface area contributed by atoms with Crippen LogP contribution < -0.4 is 10.6 Å². The van der Waals surface area contributed by atoms with Gasteiger partial charge in [-0.25, -0.2) is 4.79 Å². The van der Waals surface area contributed by atoms with E-state index in [1.165, 1.54) is 0 Å². The van der Waals surface area contributed by atoms with Crippen molar-refractivity contribution < 1.29 is 37.4 Å². The van der Waals surface area contributed by atoms with Crippen LogP contribution in [0.25, 0.3) is 11.1 Å². The van der Waals surface area contributed by atoms with Gasteiger partial charge in [0.15, 0.2) is 0 Å². The number of amides is 2. The monoisotopic (exact) mass is 492 g/mol. The fraction of sp³-hybridized carbons (Fsp3) is 0.400. The molecule has 0 aliphatic heterocycles. The number of nitrogens with one attached hydrogen (secondary N) is 2. The fourth-order valence-corrected chi connectivity index (χ4v) is 4.21. The number of carboxylic acid groups (broad SMARTS) is 1. The maximum absolute atomic E-state index is 13.9.